The van der Waals surface area contributed by atoms with E-state index in [2.05, 4.69) is 10.4 Å². The highest BCUT2D eigenvalue weighted by Crippen LogP contribution is 2.34. The number of alkyl halides is 3. The molecule has 1 heterocycles. The molecule has 0 aliphatic rings. The van der Waals surface area contributed by atoms with Gasteiger partial charge in [0.1, 0.15) is 6.04 Å². The van der Waals surface area contributed by atoms with E-state index in [-0.39, 0.29) is 12.1 Å². The summed E-state index contributed by atoms with van der Waals surface area (Å²) < 4.78 is 41.6. The zero-order valence-electron chi connectivity index (χ0n) is 14.9. The standard InChI is InChI=1S/C18H20F3N3O3/c1-3-4-8-13(17(26)27)23-16(25)12-10-22-24(15(12)18(19,20)21)14-9-6-5-7-11(14)2/h5-7,9-10,13H,3-4,8H2,1-2H3,(H,23,25)(H,26,27)/t13-/m0/s1. The van der Waals surface area contributed by atoms with E-state index < -0.39 is 35.4 Å². The van der Waals surface area contributed by atoms with Gasteiger partial charge in [-0.05, 0) is 25.0 Å². The second kappa shape index (κ2) is 8.24. The topological polar surface area (TPSA) is 84.2 Å². The fourth-order valence-corrected chi connectivity index (χ4v) is 2.67. The van der Waals surface area contributed by atoms with E-state index in [1.54, 1.807) is 25.1 Å². The third-order valence-electron chi connectivity index (χ3n) is 4.08. The molecule has 0 saturated carbocycles. The number of aliphatic carboxylic acids is 1. The van der Waals surface area contributed by atoms with Gasteiger partial charge in [-0.2, -0.15) is 18.3 Å². The number of amides is 1. The van der Waals surface area contributed by atoms with Crippen molar-refractivity contribution in [2.24, 2.45) is 0 Å². The number of benzene rings is 1. The van der Waals surface area contributed by atoms with Crippen LogP contribution in [0.5, 0.6) is 0 Å². The summed E-state index contributed by atoms with van der Waals surface area (Å²) in [5.41, 5.74) is -1.23. The van der Waals surface area contributed by atoms with E-state index in [1.165, 1.54) is 6.07 Å². The zero-order valence-corrected chi connectivity index (χ0v) is 14.9. The molecular weight excluding hydrogens is 363 g/mol. The normalized spacial score (nSPS) is 12.6. The van der Waals surface area contributed by atoms with Gasteiger partial charge in [-0.3, -0.25) is 4.79 Å². The number of carbonyl (C=O) groups excluding carboxylic acids is 1. The van der Waals surface area contributed by atoms with Crippen LogP contribution in [-0.2, 0) is 11.0 Å². The molecule has 27 heavy (non-hydrogen) atoms. The minimum absolute atomic E-state index is 0.130. The summed E-state index contributed by atoms with van der Waals surface area (Å²) in [5.74, 6) is -2.41. The molecule has 1 aromatic heterocycles. The lowest BCUT2D eigenvalue weighted by Crippen LogP contribution is -2.41. The number of nitrogens with one attached hydrogen (secondary N) is 1. The first-order chi connectivity index (χ1) is 12.7. The summed E-state index contributed by atoms with van der Waals surface area (Å²) in [6.07, 6.45) is -2.70. The van der Waals surface area contributed by atoms with E-state index >= 15 is 0 Å². The van der Waals surface area contributed by atoms with Crippen LogP contribution in [0.2, 0.25) is 0 Å². The fraction of sp³-hybridized carbons (Fsp3) is 0.389. The molecule has 2 aromatic rings. The van der Waals surface area contributed by atoms with Gasteiger partial charge in [0.25, 0.3) is 5.91 Å². The SMILES string of the molecule is CCCC[C@H](NC(=O)c1cnn(-c2ccccc2C)c1C(F)(F)F)C(=O)O. The van der Waals surface area contributed by atoms with E-state index in [4.69, 9.17) is 0 Å². The molecule has 0 aliphatic heterocycles. The molecule has 1 atom stereocenters. The quantitative estimate of drug-likeness (QED) is 0.766. The van der Waals surface area contributed by atoms with Crippen LogP contribution in [0.15, 0.2) is 30.5 Å². The molecule has 0 radical (unpaired) electrons. The number of aryl methyl sites for hydroxylation is 1. The lowest BCUT2D eigenvalue weighted by molar-refractivity contribution is -0.143. The average molecular weight is 383 g/mol. The van der Waals surface area contributed by atoms with E-state index in [0.717, 1.165) is 6.20 Å². The van der Waals surface area contributed by atoms with E-state index in [1.807, 2.05) is 6.92 Å². The van der Waals surface area contributed by atoms with Crippen LogP contribution < -0.4 is 5.32 Å². The lowest BCUT2D eigenvalue weighted by Gasteiger charge is -2.16. The van der Waals surface area contributed by atoms with Gasteiger partial charge in [0, 0.05) is 0 Å². The molecule has 0 bridgehead atoms. The second-order valence-corrected chi connectivity index (χ2v) is 6.11. The van der Waals surface area contributed by atoms with Crippen molar-refractivity contribution in [2.45, 2.75) is 45.3 Å². The van der Waals surface area contributed by atoms with Crippen LogP contribution in [0.3, 0.4) is 0 Å². The van der Waals surface area contributed by atoms with E-state index in [9.17, 15) is 27.9 Å². The number of halogens is 3. The highest BCUT2D eigenvalue weighted by Gasteiger charge is 2.41. The van der Waals surface area contributed by atoms with Gasteiger partial charge in [0.15, 0.2) is 5.69 Å². The van der Waals surface area contributed by atoms with Crippen molar-refractivity contribution < 1.29 is 27.9 Å². The van der Waals surface area contributed by atoms with E-state index in [0.29, 0.717) is 23.1 Å². The third kappa shape index (κ3) is 4.66. The average Bonchev–Trinajstić information content (AvgIpc) is 3.04. The Balaban J connectivity index is 2.44. The number of carboxylic acid groups (broad SMARTS) is 1. The van der Waals surface area contributed by atoms with Crippen LogP contribution in [0.4, 0.5) is 13.2 Å². The Kier molecular flexibility index (Phi) is 6.24. The molecule has 2 rings (SSSR count). The number of unbranched alkanes of at least 4 members (excludes halogenated alkanes) is 1. The zero-order chi connectivity index (χ0) is 20.2. The first-order valence-corrected chi connectivity index (χ1v) is 8.41. The highest BCUT2D eigenvalue weighted by atomic mass is 19.4. The van der Waals surface area contributed by atoms with Crippen LogP contribution >= 0.6 is 0 Å². The second-order valence-electron chi connectivity index (χ2n) is 6.11. The predicted octanol–water partition coefficient (Wildman–Crippen LogP) is 3.57. The van der Waals surface area contributed by atoms with Crippen LogP contribution in [0.1, 0.15) is 47.8 Å². The molecule has 0 fully saturated rings. The van der Waals surface area contributed by atoms with Crippen molar-refractivity contribution >= 4 is 11.9 Å². The molecule has 1 amide bonds. The monoisotopic (exact) mass is 383 g/mol. The molecule has 146 valence electrons. The summed E-state index contributed by atoms with van der Waals surface area (Å²) in [6, 6.07) is 5.06. The predicted molar refractivity (Wildman–Crippen MR) is 91.7 cm³/mol. The van der Waals surface area contributed by atoms with Crippen molar-refractivity contribution in [2.75, 3.05) is 0 Å². The molecule has 1 aromatic carbocycles. The van der Waals surface area contributed by atoms with Crippen LogP contribution in [-0.4, -0.2) is 32.8 Å². The Labute approximate surface area is 154 Å². The number of para-hydroxylation sites is 1. The highest BCUT2D eigenvalue weighted by molar-refractivity contribution is 5.97. The smallest absolute Gasteiger partial charge is 0.434 e. The summed E-state index contributed by atoms with van der Waals surface area (Å²) in [4.78, 5) is 23.7. The molecule has 0 unspecified atom stereocenters. The maximum Gasteiger partial charge on any atom is 0.434 e. The number of rotatable bonds is 7. The minimum Gasteiger partial charge on any atom is -0.480 e. The lowest BCUT2D eigenvalue weighted by atomic mass is 10.1. The van der Waals surface area contributed by atoms with Gasteiger partial charge < -0.3 is 10.4 Å². The van der Waals surface area contributed by atoms with Gasteiger partial charge >= 0.3 is 12.1 Å². The molecular formula is C18H20F3N3O3. The molecule has 2 N–H and O–H groups in total. The Hall–Kier alpha value is -2.84. The minimum atomic E-state index is -4.85. The number of carbonyl (C=O) groups is 2. The van der Waals surface area contributed by atoms with Crippen molar-refractivity contribution in [3.8, 4) is 5.69 Å². The van der Waals surface area contributed by atoms with Crippen molar-refractivity contribution in [3.05, 3.63) is 47.3 Å². The van der Waals surface area contributed by atoms with Crippen molar-refractivity contribution in [1.82, 2.24) is 15.1 Å². The van der Waals surface area contributed by atoms with Gasteiger partial charge in [0.2, 0.25) is 0 Å². The molecule has 0 spiro atoms. The number of hydrogen-bond acceptors (Lipinski definition) is 3. The summed E-state index contributed by atoms with van der Waals surface area (Å²) in [6.45, 7) is 3.47. The van der Waals surface area contributed by atoms with Crippen LogP contribution in [0, 0.1) is 6.92 Å². The maximum atomic E-state index is 13.7. The molecule has 9 heteroatoms. The Morgan fingerprint density at radius 3 is 2.52 bits per heavy atom. The first kappa shape index (κ1) is 20.5. The number of carboxylic acids is 1. The number of nitrogens with zero attached hydrogens (tertiary/aromatic N) is 2. The van der Waals surface area contributed by atoms with Gasteiger partial charge in [0.05, 0.1) is 17.4 Å². The molecule has 6 nitrogen and oxygen atoms in total. The summed E-state index contributed by atoms with van der Waals surface area (Å²) in [7, 11) is 0. The van der Waals surface area contributed by atoms with Crippen molar-refractivity contribution in [3.63, 3.8) is 0 Å². The Morgan fingerprint density at radius 1 is 1.30 bits per heavy atom. The first-order valence-electron chi connectivity index (χ1n) is 8.41. The summed E-state index contributed by atoms with van der Waals surface area (Å²) in [5, 5.41) is 15.1. The van der Waals surface area contributed by atoms with Crippen LogP contribution in [0.25, 0.3) is 5.69 Å². The summed E-state index contributed by atoms with van der Waals surface area (Å²) >= 11 is 0. The van der Waals surface area contributed by atoms with Gasteiger partial charge in [-0.25, -0.2) is 9.48 Å². The van der Waals surface area contributed by atoms with Gasteiger partial charge in [-0.1, -0.05) is 38.0 Å². The molecule has 0 saturated heterocycles. The molecule has 0 aliphatic carbocycles. The Bertz CT molecular complexity index is 831. The number of hydrogen-bond donors (Lipinski definition) is 2. The maximum absolute atomic E-state index is 13.7. The fourth-order valence-electron chi connectivity index (χ4n) is 2.67. The third-order valence-corrected chi connectivity index (χ3v) is 4.08. The largest absolute Gasteiger partial charge is 0.480 e. The number of aromatic nitrogens is 2. The Morgan fingerprint density at radius 2 is 1.96 bits per heavy atom. The van der Waals surface area contributed by atoms with Gasteiger partial charge in [-0.15, -0.1) is 0 Å². The van der Waals surface area contributed by atoms with Crippen molar-refractivity contribution in [1.29, 1.82) is 0 Å².